The molecule has 0 aliphatic rings. The first-order valence-electron chi connectivity index (χ1n) is 10.4. The van der Waals surface area contributed by atoms with Crippen LogP contribution in [0.15, 0.2) is 52.6 Å². The molecular weight excluding hydrogens is 440 g/mol. The van der Waals surface area contributed by atoms with Gasteiger partial charge in [0.25, 0.3) is 11.5 Å². The summed E-state index contributed by atoms with van der Waals surface area (Å²) in [6.45, 7) is 4.40. The largest absolute Gasteiger partial charge is 0.497 e. The number of anilines is 1. The van der Waals surface area contributed by atoms with E-state index in [0.29, 0.717) is 39.6 Å². The molecular formula is C24H24N4O4S. The number of carbonyl (C=O) groups is 1. The number of hydrogen-bond acceptors (Lipinski definition) is 7. The Kier molecular flexibility index (Phi) is 6.41. The van der Waals surface area contributed by atoms with Gasteiger partial charge in [-0.25, -0.2) is 9.67 Å². The van der Waals surface area contributed by atoms with Gasteiger partial charge in [0.05, 0.1) is 25.3 Å². The van der Waals surface area contributed by atoms with Crippen molar-refractivity contribution >= 4 is 33.1 Å². The molecule has 9 heteroatoms. The average molecular weight is 465 g/mol. The number of carbonyl (C=O) groups excluding carboxylic acids is 1. The molecule has 0 saturated heterocycles. The molecule has 2 aromatic heterocycles. The first-order chi connectivity index (χ1) is 15.9. The van der Waals surface area contributed by atoms with Crippen molar-refractivity contribution in [1.29, 1.82) is 0 Å². The lowest BCUT2D eigenvalue weighted by Gasteiger charge is -2.12. The van der Waals surface area contributed by atoms with Crippen molar-refractivity contribution in [3.05, 3.63) is 63.9 Å². The van der Waals surface area contributed by atoms with Crippen LogP contribution in [0.4, 0.5) is 5.13 Å². The van der Waals surface area contributed by atoms with Crippen LogP contribution in [0, 0.1) is 5.92 Å². The topological polar surface area (TPSA) is 95.3 Å². The van der Waals surface area contributed by atoms with Gasteiger partial charge in [-0.05, 0) is 30.2 Å². The highest BCUT2D eigenvalue weighted by molar-refractivity contribution is 7.14. The molecule has 2 heterocycles. The fourth-order valence-electron chi connectivity index (χ4n) is 3.50. The van der Waals surface area contributed by atoms with E-state index < -0.39 is 5.91 Å². The molecule has 0 aliphatic carbocycles. The van der Waals surface area contributed by atoms with Crippen molar-refractivity contribution in [1.82, 2.24) is 14.8 Å². The van der Waals surface area contributed by atoms with E-state index in [1.807, 2.05) is 25.3 Å². The van der Waals surface area contributed by atoms with Gasteiger partial charge in [-0.2, -0.15) is 5.10 Å². The van der Waals surface area contributed by atoms with Gasteiger partial charge in [0.1, 0.15) is 11.5 Å². The standard InChI is InChI=1S/C24H24N4O4S/c1-14(2)12-28-23(30)17-8-6-5-7-16(17)21(27-28)22(29)26-24-25-19(13-33-24)18-11-15(31-3)9-10-20(18)32-4/h5-11,13-14H,12H2,1-4H3,(H,25,26,29). The van der Waals surface area contributed by atoms with Crippen molar-refractivity contribution in [2.45, 2.75) is 20.4 Å². The molecule has 0 bridgehead atoms. The number of rotatable bonds is 7. The first kappa shape index (κ1) is 22.5. The van der Waals surface area contributed by atoms with E-state index in [0.717, 1.165) is 5.56 Å². The molecule has 0 spiro atoms. The summed E-state index contributed by atoms with van der Waals surface area (Å²) in [5, 5.41) is 10.4. The molecule has 0 aliphatic heterocycles. The fourth-order valence-corrected chi connectivity index (χ4v) is 4.20. The summed E-state index contributed by atoms with van der Waals surface area (Å²) in [6.07, 6.45) is 0. The third-order valence-electron chi connectivity index (χ3n) is 5.03. The zero-order valence-corrected chi connectivity index (χ0v) is 19.6. The number of methoxy groups -OCH3 is 2. The van der Waals surface area contributed by atoms with E-state index in [4.69, 9.17) is 9.47 Å². The third-order valence-corrected chi connectivity index (χ3v) is 5.79. The van der Waals surface area contributed by atoms with Crippen LogP contribution in [0.5, 0.6) is 11.5 Å². The number of amides is 1. The molecule has 2 aromatic carbocycles. The molecule has 0 atom stereocenters. The van der Waals surface area contributed by atoms with Crippen LogP contribution in [0.25, 0.3) is 22.0 Å². The molecule has 4 rings (SSSR count). The Balaban J connectivity index is 1.69. The van der Waals surface area contributed by atoms with E-state index in [1.54, 1.807) is 50.6 Å². The van der Waals surface area contributed by atoms with Gasteiger partial charge in [0.15, 0.2) is 10.8 Å². The summed E-state index contributed by atoms with van der Waals surface area (Å²) >= 11 is 1.29. The zero-order chi connectivity index (χ0) is 23.5. The summed E-state index contributed by atoms with van der Waals surface area (Å²) in [5.41, 5.74) is 1.37. The van der Waals surface area contributed by atoms with Gasteiger partial charge in [0, 0.05) is 22.9 Å². The smallest absolute Gasteiger partial charge is 0.278 e. The third kappa shape index (κ3) is 4.58. The van der Waals surface area contributed by atoms with Crippen molar-refractivity contribution in [2.24, 2.45) is 5.92 Å². The maximum atomic E-state index is 13.2. The van der Waals surface area contributed by atoms with Crippen molar-refractivity contribution < 1.29 is 14.3 Å². The van der Waals surface area contributed by atoms with Crippen LogP contribution in [-0.4, -0.2) is 34.9 Å². The van der Waals surface area contributed by atoms with Crippen LogP contribution in [-0.2, 0) is 6.54 Å². The van der Waals surface area contributed by atoms with E-state index >= 15 is 0 Å². The number of fused-ring (bicyclic) bond motifs is 1. The number of ether oxygens (including phenoxy) is 2. The minimum absolute atomic E-state index is 0.182. The predicted octanol–water partition coefficient (Wildman–Crippen LogP) is 4.45. The summed E-state index contributed by atoms with van der Waals surface area (Å²) in [5.74, 6) is 1.09. The summed E-state index contributed by atoms with van der Waals surface area (Å²) < 4.78 is 12.1. The van der Waals surface area contributed by atoms with E-state index in [1.165, 1.54) is 16.0 Å². The lowest BCUT2D eigenvalue weighted by atomic mass is 10.1. The minimum atomic E-state index is -0.429. The molecule has 1 amide bonds. The molecule has 1 N–H and O–H groups in total. The van der Waals surface area contributed by atoms with E-state index in [-0.39, 0.29) is 17.2 Å². The number of thiazole rings is 1. The van der Waals surface area contributed by atoms with Crippen LogP contribution < -0.4 is 20.3 Å². The second kappa shape index (κ2) is 9.41. The molecule has 0 radical (unpaired) electrons. The van der Waals surface area contributed by atoms with Gasteiger partial charge in [-0.15, -0.1) is 11.3 Å². The highest BCUT2D eigenvalue weighted by Crippen LogP contribution is 2.35. The number of benzene rings is 2. The monoisotopic (exact) mass is 464 g/mol. The maximum Gasteiger partial charge on any atom is 0.278 e. The molecule has 4 aromatic rings. The first-order valence-corrected chi connectivity index (χ1v) is 11.3. The van der Waals surface area contributed by atoms with E-state index in [9.17, 15) is 9.59 Å². The molecule has 0 fully saturated rings. The molecule has 0 unspecified atom stereocenters. The molecule has 33 heavy (non-hydrogen) atoms. The van der Waals surface area contributed by atoms with Crippen LogP contribution in [0.2, 0.25) is 0 Å². The van der Waals surface area contributed by atoms with Crippen molar-refractivity contribution in [2.75, 3.05) is 19.5 Å². The Morgan fingerprint density at radius 3 is 2.58 bits per heavy atom. The lowest BCUT2D eigenvalue weighted by Crippen LogP contribution is -2.29. The summed E-state index contributed by atoms with van der Waals surface area (Å²) in [4.78, 5) is 30.5. The minimum Gasteiger partial charge on any atom is -0.497 e. The average Bonchev–Trinajstić information content (AvgIpc) is 3.28. The molecule has 0 saturated carbocycles. The van der Waals surface area contributed by atoms with Crippen LogP contribution in [0.3, 0.4) is 0 Å². The molecule has 170 valence electrons. The number of aromatic nitrogens is 3. The Labute approximate surface area is 194 Å². The van der Waals surface area contributed by atoms with Gasteiger partial charge >= 0.3 is 0 Å². The van der Waals surface area contributed by atoms with Crippen molar-refractivity contribution in [3.63, 3.8) is 0 Å². The highest BCUT2D eigenvalue weighted by atomic mass is 32.1. The van der Waals surface area contributed by atoms with Crippen molar-refractivity contribution in [3.8, 4) is 22.8 Å². The zero-order valence-electron chi connectivity index (χ0n) is 18.8. The molecule has 8 nitrogen and oxygen atoms in total. The fraction of sp³-hybridized carbons (Fsp3) is 0.250. The summed E-state index contributed by atoms with van der Waals surface area (Å²) in [6, 6.07) is 12.4. The Hall–Kier alpha value is -3.72. The highest BCUT2D eigenvalue weighted by Gasteiger charge is 2.19. The van der Waals surface area contributed by atoms with Gasteiger partial charge in [-0.3, -0.25) is 14.9 Å². The second-order valence-electron chi connectivity index (χ2n) is 7.83. The normalized spacial score (nSPS) is 11.1. The SMILES string of the molecule is COc1ccc(OC)c(-c2csc(NC(=O)c3nn(CC(C)C)c(=O)c4ccccc34)n2)c1. The van der Waals surface area contributed by atoms with Crippen LogP contribution in [0.1, 0.15) is 24.3 Å². The number of nitrogens with one attached hydrogen (secondary N) is 1. The number of nitrogens with zero attached hydrogens (tertiary/aromatic N) is 3. The van der Waals surface area contributed by atoms with E-state index in [2.05, 4.69) is 15.4 Å². The van der Waals surface area contributed by atoms with Crippen LogP contribution >= 0.6 is 11.3 Å². The maximum absolute atomic E-state index is 13.2. The summed E-state index contributed by atoms with van der Waals surface area (Å²) in [7, 11) is 3.18. The van der Waals surface area contributed by atoms with Gasteiger partial charge in [0.2, 0.25) is 0 Å². The quantitative estimate of drug-likeness (QED) is 0.434. The Morgan fingerprint density at radius 1 is 1.12 bits per heavy atom. The second-order valence-corrected chi connectivity index (χ2v) is 8.69. The Bertz CT molecular complexity index is 1380. The predicted molar refractivity (Wildman–Crippen MR) is 129 cm³/mol. The lowest BCUT2D eigenvalue weighted by molar-refractivity contribution is 0.102. The van der Waals surface area contributed by atoms with Gasteiger partial charge < -0.3 is 9.47 Å². The number of hydrogen-bond donors (Lipinski definition) is 1. The Morgan fingerprint density at radius 2 is 1.88 bits per heavy atom. The van der Waals surface area contributed by atoms with Gasteiger partial charge in [-0.1, -0.05) is 32.0 Å².